The van der Waals surface area contributed by atoms with Crippen molar-refractivity contribution in [2.24, 2.45) is 0 Å². The maximum absolute atomic E-state index is 8.65. The van der Waals surface area contributed by atoms with Gasteiger partial charge >= 0.3 is 0 Å². The molecule has 0 spiro atoms. The summed E-state index contributed by atoms with van der Waals surface area (Å²) in [5, 5.41) is 8.65. The van der Waals surface area contributed by atoms with Crippen LogP contribution in [0.2, 0.25) is 0 Å². The Morgan fingerprint density at radius 1 is 1.46 bits per heavy atom. The normalized spacial score (nSPS) is 10.2. The van der Waals surface area contributed by atoms with Crippen molar-refractivity contribution in [1.29, 1.82) is 5.26 Å². The molecule has 0 aromatic carbocycles. The Kier molecular flexibility index (Phi) is 1.91. The molecule has 0 aliphatic heterocycles. The van der Waals surface area contributed by atoms with E-state index in [9.17, 15) is 0 Å². The molecule has 0 radical (unpaired) electrons. The van der Waals surface area contributed by atoms with Crippen molar-refractivity contribution in [2.75, 3.05) is 0 Å². The molecule has 0 N–H and O–H groups in total. The molecule has 0 bridgehead atoms. The van der Waals surface area contributed by atoms with Gasteiger partial charge in [0, 0.05) is 12.4 Å². The summed E-state index contributed by atoms with van der Waals surface area (Å²) in [6, 6.07) is 5.60. The topological polar surface area (TPSA) is 41.1 Å². The summed E-state index contributed by atoms with van der Waals surface area (Å²) in [6.45, 7) is 0. The van der Waals surface area contributed by atoms with E-state index in [1.807, 2.05) is 6.20 Å². The number of fused-ring (bicyclic) bond motifs is 1. The second-order valence-corrected chi connectivity index (χ2v) is 2.93. The van der Waals surface area contributed by atoms with Gasteiger partial charge in [0.15, 0.2) is 0 Å². The molecule has 2 aromatic rings. The molecule has 0 amide bonds. The van der Waals surface area contributed by atoms with Crippen LogP contribution in [0.15, 0.2) is 24.5 Å². The highest BCUT2D eigenvalue weighted by molar-refractivity contribution is 6.16. The van der Waals surface area contributed by atoms with Crippen molar-refractivity contribution in [3.05, 3.63) is 35.8 Å². The van der Waals surface area contributed by atoms with Crippen molar-refractivity contribution < 1.29 is 0 Å². The van der Waals surface area contributed by atoms with Gasteiger partial charge in [-0.15, -0.1) is 11.6 Å². The fourth-order valence-corrected chi connectivity index (χ4v) is 1.30. The third-order valence-corrected chi connectivity index (χ3v) is 2.04. The zero-order valence-corrected chi connectivity index (χ0v) is 7.49. The Balaban J connectivity index is 2.65. The molecule has 0 fully saturated rings. The standard InChI is InChI=1S/C9H6ClN3/c10-3-8-6-13-5-7(4-11)1-2-9(13)12-8/h1-2,5-6H,3H2. The molecule has 2 heterocycles. The summed E-state index contributed by atoms with van der Waals surface area (Å²) in [5.41, 5.74) is 2.25. The third-order valence-electron chi connectivity index (χ3n) is 1.77. The van der Waals surface area contributed by atoms with Gasteiger partial charge in [-0.3, -0.25) is 0 Å². The van der Waals surface area contributed by atoms with Crippen LogP contribution in [0, 0.1) is 11.3 Å². The second kappa shape index (κ2) is 3.08. The Bertz CT molecular complexity index is 481. The van der Waals surface area contributed by atoms with Crippen molar-refractivity contribution in [2.45, 2.75) is 5.88 Å². The van der Waals surface area contributed by atoms with Crippen LogP contribution in [-0.2, 0) is 5.88 Å². The molecule has 0 aliphatic carbocycles. The van der Waals surface area contributed by atoms with Crippen LogP contribution in [0.1, 0.15) is 11.3 Å². The van der Waals surface area contributed by atoms with E-state index in [2.05, 4.69) is 11.1 Å². The van der Waals surface area contributed by atoms with Crippen LogP contribution in [0.3, 0.4) is 0 Å². The summed E-state index contributed by atoms with van der Waals surface area (Å²) < 4.78 is 1.80. The molecule has 4 heteroatoms. The smallest absolute Gasteiger partial charge is 0.137 e. The minimum atomic E-state index is 0.392. The maximum atomic E-state index is 8.65. The molecular formula is C9H6ClN3. The van der Waals surface area contributed by atoms with E-state index in [-0.39, 0.29) is 0 Å². The SMILES string of the molecule is N#Cc1ccc2nc(CCl)cn2c1. The number of aromatic nitrogens is 2. The van der Waals surface area contributed by atoms with Crippen LogP contribution in [-0.4, -0.2) is 9.38 Å². The molecule has 0 atom stereocenters. The van der Waals surface area contributed by atoms with Crippen molar-refractivity contribution in [3.63, 3.8) is 0 Å². The van der Waals surface area contributed by atoms with Gasteiger partial charge in [0.05, 0.1) is 17.1 Å². The molecule has 0 saturated heterocycles. The number of rotatable bonds is 1. The highest BCUT2D eigenvalue weighted by Gasteiger charge is 2.00. The van der Waals surface area contributed by atoms with Crippen LogP contribution < -0.4 is 0 Å². The predicted octanol–water partition coefficient (Wildman–Crippen LogP) is 1.94. The molecule has 3 nitrogen and oxygen atoms in total. The fourth-order valence-electron chi connectivity index (χ4n) is 1.17. The Labute approximate surface area is 80.2 Å². The number of imidazole rings is 1. The lowest BCUT2D eigenvalue weighted by Crippen LogP contribution is -1.83. The predicted molar refractivity (Wildman–Crippen MR) is 49.5 cm³/mol. The first-order chi connectivity index (χ1) is 6.33. The van der Waals surface area contributed by atoms with Crippen LogP contribution >= 0.6 is 11.6 Å². The molecule has 13 heavy (non-hydrogen) atoms. The van der Waals surface area contributed by atoms with E-state index in [0.717, 1.165) is 11.3 Å². The molecular weight excluding hydrogens is 186 g/mol. The van der Waals surface area contributed by atoms with E-state index < -0.39 is 0 Å². The average Bonchev–Trinajstić information content (AvgIpc) is 2.58. The van der Waals surface area contributed by atoms with E-state index in [1.54, 1.807) is 22.7 Å². The van der Waals surface area contributed by atoms with E-state index in [1.165, 1.54) is 0 Å². The lowest BCUT2D eigenvalue weighted by molar-refractivity contribution is 1.17. The first-order valence-electron chi connectivity index (χ1n) is 3.77. The van der Waals surface area contributed by atoms with Gasteiger partial charge in [0.1, 0.15) is 11.7 Å². The molecule has 0 saturated carbocycles. The lowest BCUT2D eigenvalue weighted by atomic mass is 10.3. The average molecular weight is 192 g/mol. The van der Waals surface area contributed by atoms with Gasteiger partial charge < -0.3 is 4.40 Å². The molecule has 0 aliphatic rings. The maximum Gasteiger partial charge on any atom is 0.137 e. The minimum absolute atomic E-state index is 0.392. The number of alkyl halides is 1. The van der Waals surface area contributed by atoms with Gasteiger partial charge in [-0.05, 0) is 12.1 Å². The van der Waals surface area contributed by atoms with Gasteiger partial charge in [-0.1, -0.05) is 0 Å². The van der Waals surface area contributed by atoms with Crippen molar-refractivity contribution in [1.82, 2.24) is 9.38 Å². The van der Waals surface area contributed by atoms with Gasteiger partial charge in [-0.2, -0.15) is 5.26 Å². The quantitative estimate of drug-likeness (QED) is 0.647. The minimum Gasteiger partial charge on any atom is -0.305 e. The largest absolute Gasteiger partial charge is 0.305 e. The van der Waals surface area contributed by atoms with E-state index in [0.29, 0.717) is 11.4 Å². The molecule has 2 aromatic heterocycles. The highest BCUT2D eigenvalue weighted by Crippen LogP contribution is 2.08. The molecule has 0 unspecified atom stereocenters. The summed E-state index contributed by atoms with van der Waals surface area (Å²) in [7, 11) is 0. The highest BCUT2D eigenvalue weighted by atomic mass is 35.5. The van der Waals surface area contributed by atoms with Crippen LogP contribution in [0.25, 0.3) is 5.65 Å². The first-order valence-corrected chi connectivity index (χ1v) is 4.30. The van der Waals surface area contributed by atoms with Gasteiger partial charge in [0.2, 0.25) is 0 Å². The summed E-state index contributed by atoms with van der Waals surface area (Å²) in [6.07, 6.45) is 3.56. The summed E-state index contributed by atoms with van der Waals surface area (Å²) >= 11 is 5.63. The summed E-state index contributed by atoms with van der Waals surface area (Å²) in [4.78, 5) is 4.23. The number of pyridine rings is 1. The van der Waals surface area contributed by atoms with Crippen LogP contribution in [0.5, 0.6) is 0 Å². The Hall–Kier alpha value is -1.53. The molecule has 64 valence electrons. The number of hydrogen-bond acceptors (Lipinski definition) is 2. The number of halogens is 1. The number of nitriles is 1. The van der Waals surface area contributed by atoms with E-state index in [4.69, 9.17) is 16.9 Å². The Morgan fingerprint density at radius 2 is 2.31 bits per heavy atom. The zero-order valence-electron chi connectivity index (χ0n) is 6.74. The van der Waals surface area contributed by atoms with Crippen molar-refractivity contribution >= 4 is 17.2 Å². The number of nitrogens with zero attached hydrogens (tertiary/aromatic N) is 3. The van der Waals surface area contributed by atoms with Gasteiger partial charge in [0.25, 0.3) is 0 Å². The zero-order chi connectivity index (χ0) is 9.26. The first kappa shape index (κ1) is 8.09. The Morgan fingerprint density at radius 3 is 3.00 bits per heavy atom. The van der Waals surface area contributed by atoms with Gasteiger partial charge in [-0.25, -0.2) is 4.98 Å². The van der Waals surface area contributed by atoms with Crippen LogP contribution in [0.4, 0.5) is 0 Å². The second-order valence-electron chi connectivity index (χ2n) is 2.66. The lowest BCUT2D eigenvalue weighted by Gasteiger charge is -1.91. The van der Waals surface area contributed by atoms with Crippen molar-refractivity contribution in [3.8, 4) is 6.07 Å². The fraction of sp³-hybridized carbons (Fsp3) is 0.111. The number of hydrogen-bond donors (Lipinski definition) is 0. The molecule has 2 rings (SSSR count). The summed E-state index contributed by atoms with van der Waals surface area (Å²) in [5.74, 6) is 0.392. The third kappa shape index (κ3) is 1.36. The monoisotopic (exact) mass is 191 g/mol. The van der Waals surface area contributed by atoms with E-state index >= 15 is 0 Å².